The average molecular weight is 363 g/mol. The highest BCUT2D eigenvalue weighted by atomic mass is 16.3. The van der Waals surface area contributed by atoms with E-state index in [4.69, 9.17) is 0 Å². The van der Waals surface area contributed by atoms with Crippen LogP contribution in [0.3, 0.4) is 0 Å². The summed E-state index contributed by atoms with van der Waals surface area (Å²) in [7, 11) is 0. The zero-order valence-electron chi connectivity index (χ0n) is 15.9. The van der Waals surface area contributed by atoms with Crippen LogP contribution in [0.25, 0.3) is 11.0 Å². The van der Waals surface area contributed by atoms with Crippen molar-refractivity contribution in [2.45, 2.75) is 39.2 Å². The normalized spacial score (nSPS) is 15.4. The van der Waals surface area contributed by atoms with Gasteiger partial charge in [0.1, 0.15) is 11.6 Å². The maximum absolute atomic E-state index is 12.8. The van der Waals surface area contributed by atoms with Gasteiger partial charge in [0.25, 0.3) is 5.91 Å². The van der Waals surface area contributed by atoms with E-state index < -0.39 is 0 Å². The second-order valence-corrected chi connectivity index (χ2v) is 7.25. The van der Waals surface area contributed by atoms with Crippen molar-refractivity contribution >= 4 is 16.9 Å². The summed E-state index contributed by atoms with van der Waals surface area (Å²) in [5, 5.41) is 10.2. The maximum Gasteiger partial charge on any atom is 0.257 e. The number of rotatable bonds is 3. The Balaban J connectivity index is 1.50. The number of carbonyl (C=O) groups excluding carboxylic acids is 1. The molecule has 1 saturated heterocycles. The number of phenolic OH excluding ortho intramolecular Hbond substituents is 1. The van der Waals surface area contributed by atoms with Gasteiger partial charge in [-0.05, 0) is 56.0 Å². The summed E-state index contributed by atoms with van der Waals surface area (Å²) in [6.45, 7) is 5.45. The topological polar surface area (TPSA) is 58.4 Å². The van der Waals surface area contributed by atoms with Gasteiger partial charge >= 0.3 is 0 Å². The number of amides is 1. The van der Waals surface area contributed by atoms with Gasteiger partial charge in [0.05, 0.1) is 16.6 Å². The summed E-state index contributed by atoms with van der Waals surface area (Å²) in [6.07, 6.45) is 2.62. The molecule has 5 heteroatoms. The Labute approximate surface area is 159 Å². The number of para-hydroxylation sites is 2. The van der Waals surface area contributed by atoms with Crippen LogP contribution >= 0.6 is 0 Å². The Kier molecular flexibility index (Phi) is 4.60. The minimum absolute atomic E-state index is 0.0814. The fourth-order valence-corrected chi connectivity index (χ4v) is 4.10. The number of carbonyl (C=O) groups is 1. The van der Waals surface area contributed by atoms with Crippen molar-refractivity contribution < 1.29 is 9.90 Å². The molecule has 0 bridgehead atoms. The third kappa shape index (κ3) is 3.18. The lowest BCUT2D eigenvalue weighted by Gasteiger charge is -2.33. The molecule has 1 aliphatic rings. The van der Waals surface area contributed by atoms with Gasteiger partial charge < -0.3 is 14.6 Å². The van der Waals surface area contributed by atoms with Crippen molar-refractivity contribution in [2.24, 2.45) is 0 Å². The number of aromatic hydroxyl groups is 1. The Hall–Kier alpha value is -2.82. The number of hydrogen-bond donors (Lipinski definition) is 1. The van der Waals surface area contributed by atoms with E-state index in [9.17, 15) is 9.90 Å². The third-order valence-corrected chi connectivity index (χ3v) is 5.59. The van der Waals surface area contributed by atoms with Crippen LogP contribution in [0.1, 0.15) is 47.6 Å². The van der Waals surface area contributed by atoms with Crippen LogP contribution in [0.15, 0.2) is 42.5 Å². The monoisotopic (exact) mass is 363 g/mol. The van der Waals surface area contributed by atoms with Gasteiger partial charge in [0, 0.05) is 19.1 Å². The fraction of sp³-hybridized carbons (Fsp3) is 0.364. The van der Waals surface area contributed by atoms with Crippen LogP contribution in [0.5, 0.6) is 5.75 Å². The highest BCUT2D eigenvalue weighted by Gasteiger charge is 2.27. The number of benzene rings is 2. The predicted octanol–water partition coefficient (Wildman–Crippen LogP) is 4.09. The molecule has 0 spiro atoms. The molecule has 0 unspecified atom stereocenters. The van der Waals surface area contributed by atoms with Crippen molar-refractivity contribution in [3.05, 3.63) is 59.4 Å². The summed E-state index contributed by atoms with van der Waals surface area (Å²) >= 11 is 0. The summed E-state index contributed by atoms with van der Waals surface area (Å²) in [4.78, 5) is 19.4. The zero-order chi connectivity index (χ0) is 19.0. The standard InChI is InChI=1S/C22H25N3O2/c1-3-16-8-9-18(21(26)14-16)22(27)24-12-10-17(11-13-24)25-15(2)23-19-6-4-5-7-20(19)25/h4-9,14,17,26H,3,10-13H2,1-2H3. The summed E-state index contributed by atoms with van der Waals surface area (Å²) in [5.41, 5.74) is 3.61. The number of hydrogen-bond acceptors (Lipinski definition) is 3. The predicted molar refractivity (Wildman–Crippen MR) is 106 cm³/mol. The van der Waals surface area contributed by atoms with Crippen LogP contribution in [-0.4, -0.2) is 38.6 Å². The van der Waals surface area contributed by atoms with Gasteiger partial charge in [-0.2, -0.15) is 0 Å². The van der Waals surface area contributed by atoms with E-state index in [1.54, 1.807) is 12.1 Å². The van der Waals surface area contributed by atoms with E-state index in [1.165, 1.54) is 0 Å². The molecule has 1 amide bonds. The van der Waals surface area contributed by atoms with E-state index in [1.807, 2.05) is 43.0 Å². The summed E-state index contributed by atoms with van der Waals surface area (Å²) in [6, 6.07) is 13.9. The number of piperidine rings is 1. The summed E-state index contributed by atoms with van der Waals surface area (Å²) in [5.74, 6) is 1.02. The molecule has 5 nitrogen and oxygen atoms in total. The number of nitrogens with zero attached hydrogens (tertiary/aromatic N) is 3. The molecule has 1 fully saturated rings. The first kappa shape index (κ1) is 17.6. The van der Waals surface area contributed by atoms with Crippen LogP contribution in [0.2, 0.25) is 0 Å². The first-order valence-corrected chi connectivity index (χ1v) is 9.63. The molecular formula is C22H25N3O2. The molecule has 3 aromatic rings. The van der Waals surface area contributed by atoms with Gasteiger partial charge in [0.15, 0.2) is 0 Å². The zero-order valence-corrected chi connectivity index (χ0v) is 15.9. The largest absolute Gasteiger partial charge is 0.507 e. The molecule has 0 atom stereocenters. The molecule has 140 valence electrons. The lowest BCUT2D eigenvalue weighted by molar-refractivity contribution is 0.0692. The van der Waals surface area contributed by atoms with E-state index in [-0.39, 0.29) is 11.7 Å². The minimum Gasteiger partial charge on any atom is -0.507 e. The van der Waals surface area contributed by atoms with Gasteiger partial charge in [-0.15, -0.1) is 0 Å². The van der Waals surface area contributed by atoms with Crippen LogP contribution < -0.4 is 0 Å². The maximum atomic E-state index is 12.8. The fourth-order valence-electron chi connectivity index (χ4n) is 4.10. The quantitative estimate of drug-likeness (QED) is 0.762. The molecule has 1 aliphatic heterocycles. The second kappa shape index (κ2) is 7.06. The van der Waals surface area contributed by atoms with E-state index in [0.29, 0.717) is 24.7 Å². The number of aryl methyl sites for hydroxylation is 2. The molecule has 27 heavy (non-hydrogen) atoms. The number of fused-ring (bicyclic) bond motifs is 1. The van der Waals surface area contributed by atoms with Crippen molar-refractivity contribution in [2.75, 3.05) is 13.1 Å². The Morgan fingerprint density at radius 1 is 1.19 bits per heavy atom. The third-order valence-electron chi connectivity index (χ3n) is 5.59. The van der Waals surface area contributed by atoms with Gasteiger partial charge in [-0.3, -0.25) is 4.79 Å². The molecule has 1 aromatic heterocycles. The van der Waals surface area contributed by atoms with Crippen molar-refractivity contribution in [3.63, 3.8) is 0 Å². The Bertz CT molecular complexity index is 984. The van der Waals surface area contributed by atoms with Gasteiger partial charge in [0.2, 0.25) is 0 Å². The highest BCUT2D eigenvalue weighted by molar-refractivity contribution is 5.97. The molecule has 2 heterocycles. The average Bonchev–Trinajstić information content (AvgIpc) is 3.03. The number of likely N-dealkylation sites (tertiary alicyclic amines) is 1. The van der Waals surface area contributed by atoms with Crippen LogP contribution in [-0.2, 0) is 6.42 Å². The molecule has 4 rings (SSSR count). The van der Waals surface area contributed by atoms with E-state index >= 15 is 0 Å². The minimum atomic E-state index is -0.0826. The first-order valence-electron chi connectivity index (χ1n) is 9.63. The lowest BCUT2D eigenvalue weighted by atomic mass is 10.0. The van der Waals surface area contributed by atoms with Gasteiger partial charge in [-0.25, -0.2) is 4.98 Å². The lowest BCUT2D eigenvalue weighted by Crippen LogP contribution is -2.39. The Morgan fingerprint density at radius 2 is 1.93 bits per heavy atom. The van der Waals surface area contributed by atoms with Crippen molar-refractivity contribution in [3.8, 4) is 5.75 Å². The van der Waals surface area contributed by atoms with Crippen molar-refractivity contribution in [1.29, 1.82) is 0 Å². The number of phenols is 1. The molecule has 1 N–H and O–H groups in total. The molecule has 0 aliphatic carbocycles. The second-order valence-electron chi connectivity index (χ2n) is 7.25. The van der Waals surface area contributed by atoms with Crippen LogP contribution in [0, 0.1) is 6.92 Å². The first-order chi connectivity index (χ1) is 13.1. The molecule has 0 radical (unpaired) electrons. The highest BCUT2D eigenvalue weighted by Crippen LogP contribution is 2.30. The van der Waals surface area contributed by atoms with Gasteiger partial charge in [-0.1, -0.05) is 25.1 Å². The van der Waals surface area contributed by atoms with Crippen LogP contribution in [0.4, 0.5) is 0 Å². The molecule has 2 aromatic carbocycles. The molecule has 0 saturated carbocycles. The van der Waals surface area contributed by atoms with E-state index in [0.717, 1.165) is 41.7 Å². The van der Waals surface area contributed by atoms with E-state index in [2.05, 4.69) is 15.6 Å². The number of aromatic nitrogens is 2. The Morgan fingerprint density at radius 3 is 2.63 bits per heavy atom. The number of imidazole rings is 1. The molecular weight excluding hydrogens is 338 g/mol. The summed E-state index contributed by atoms with van der Waals surface area (Å²) < 4.78 is 2.31. The van der Waals surface area contributed by atoms with Crippen molar-refractivity contribution in [1.82, 2.24) is 14.5 Å². The SMILES string of the molecule is CCc1ccc(C(=O)N2CCC(n3c(C)nc4ccccc43)CC2)c(O)c1. The smallest absolute Gasteiger partial charge is 0.257 e.